The van der Waals surface area contributed by atoms with Crippen LogP contribution in [0.4, 0.5) is 0 Å². The second-order valence-electron chi connectivity index (χ2n) is 3.80. The van der Waals surface area contributed by atoms with Crippen molar-refractivity contribution in [3.63, 3.8) is 0 Å². The molecule has 2 N–H and O–H groups in total. The first kappa shape index (κ1) is 10.3. The molecule has 1 atom stereocenters. The predicted octanol–water partition coefficient (Wildman–Crippen LogP) is 2.22. The number of hydrogen-bond donors (Lipinski definition) is 2. The summed E-state index contributed by atoms with van der Waals surface area (Å²) in [5.41, 5.74) is 0.957. The van der Waals surface area contributed by atoms with Gasteiger partial charge in [-0.25, -0.2) is 0 Å². The van der Waals surface area contributed by atoms with E-state index in [-0.39, 0.29) is 6.04 Å². The number of aromatic hydroxyl groups is 1. The summed E-state index contributed by atoms with van der Waals surface area (Å²) < 4.78 is 5.42. The lowest BCUT2D eigenvalue weighted by atomic mass is 10.0. The minimum Gasteiger partial charge on any atom is -0.508 e. The molecule has 0 spiro atoms. The Bertz CT molecular complexity index is 332. The van der Waals surface area contributed by atoms with E-state index in [4.69, 9.17) is 4.74 Å². The Morgan fingerprint density at radius 1 is 1.53 bits per heavy atom. The molecule has 0 amide bonds. The highest BCUT2D eigenvalue weighted by Crippen LogP contribution is 2.32. The maximum atomic E-state index is 9.77. The fourth-order valence-corrected chi connectivity index (χ4v) is 2.02. The normalized spacial score (nSPS) is 20.5. The van der Waals surface area contributed by atoms with Crippen LogP contribution in [0.25, 0.3) is 0 Å². The maximum Gasteiger partial charge on any atom is 0.120 e. The van der Waals surface area contributed by atoms with Crippen LogP contribution in [0.5, 0.6) is 11.5 Å². The number of benzene rings is 1. The van der Waals surface area contributed by atoms with Gasteiger partial charge in [0.25, 0.3) is 0 Å². The second kappa shape index (κ2) is 4.53. The average molecular weight is 207 g/mol. The molecule has 0 aromatic heterocycles. The van der Waals surface area contributed by atoms with Crippen molar-refractivity contribution < 1.29 is 9.84 Å². The molecule has 1 heterocycles. The molecule has 1 aliphatic heterocycles. The number of phenols is 1. The predicted molar refractivity (Wildman–Crippen MR) is 59.3 cm³/mol. The highest BCUT2D eigenvalue weighted by atomic mass is 16.5. The number of nitrogens with one attached hydrogen (secondary N) is 1. The molecule has 2 rings (SSSR count). The molecule has 0 radical (unpaired) electrons. The van der Waals surface area contributed by atoms with E-state index in [1.165, 1.54) is 6.42 Å². The lowest BCUT2D eigenvalue weighted by Crippen LogP contribution is -2.13. The van der Waals surface area contributed by atoms with Crippen LogP contribution in [0.15, 0.2) is 18.2 Å². The number of rotatable bonds is 3. The minimum absolute atomic E-state index is 0.283. The Kier molecular flexibility index (Phi) is 3.11. The zero-order valence-corrected chi connectivity index (χ0v) is 8.99. The van der Waals surface area contributed by atoms with Crippen LogP contribution in [0, 0.1) is 0 Å². The monoisotopic (exact) mass is 207 g/mol. The van der Waals surface area contributed by atoms with Gasteiger partial charge in [-0.3, -0.25) is 0 Å². The van der Waals surface area contributed by atoms with Crippen LogP contribution in [0.2, 0.25) is 0 Å². The van der Waals surface area contributed by atoms with E-state index < -0.39 is 0 Å². The van der Waals surface area contributed by atoms with Gasteiger partial charge in [-0.1, -0.05) is 0 Å². The van der Waals surface area contributed by atoms with Crippen molar-refractivity contribution in [1.29, 1.82) is 0 Å². The Labute approximate surface area is 90.1 Å². The zero-order chi connectivity index (χ0) is 10.7. The highest BCUT2D eigenvalue weighted by molar-refractivity contribution is 5.41. The van der Waals surface area contributed by atoms with Crippen LogP contribution in [0.3, 0.4) is 0 Å². The van der Waals surface area contributed by atoms with Crippen LogP contribution >= 0.6 is 0 Å². The van der Waals surface area contributed by atoms with Gasteiger partial charge in [0, 0.05) is 11.6 Å². The van der Waals surface area contributed by atoms with Gasteiger partial charge in [0.15, 0.2) is 0 Å². The Balaban J connectivity index is 2.23. The van der Waals surface area contributed by atoms with Gasteiger partial charge in [-0.15, -0.1) is 0 Å². The van der Waals surface area contributed by atoms with Gasteiger partial charge in [-0.05, 0) is 44.5 Å². The van der Waals surface area contributed by atoms with Gasteiger partial charge in [0.05, 0.1) is 6.61 Å². The zero-order valence-electron chi connectivity index (χ0n) is 8.99. The van der Waals surface area contributed by atoms with Crippen LogP contribution in [0.1, 0.15) is 31.4 Å². The van der Waals surface area contributed by atoms with Crippen molar-refractivity contribution in [1.82, 2.24) is 5.32 Å². The molecular formula is C12H17NO2. The van der Waals surface area contributed by atoms with Crippen molar-refractivity contribution in [3.8, 4) is 11.5 Å². The van der Waals surface area contributed by atoms with Crippen molar-refractivity contribution in [3.05, 3.63) is 23.8 Å². The molecule has 1 aliphatic rings. The first-order valence-corrected chi connectivity index (χ1v) is 5.50. The lowest BCUT2D eigenvalue weighted by molar-refractivity contribution is 0.338. The molecule has 0 bridgehead atoms. The largest absolute Gasteiger partial charge is 0.508 e. The third-order valence-electron chi connectivity index (χ3n) is 2.75. The fraction of sp³-hybridized carbons (Fsp3) is 0.500. The fourth-order valence-electron chi connectivity index (χ4n) is 2.02. The van der Waals surface area contributed by atoms with Crippen molar-refractivity contribution >= 4 is 0 Å². The molecule has 0 aliphatic carbocycles. The molecule has 1 saturated heterocycles. The van der Waals surface area contributed by atoms with Crippen molar-refractivity contribution in [2.45, 2.75) is 25.8 Å². The molecular weight excluding hydrogens is 190 g/mol. The first-order chi connectivity index (χ1) is 7.31. The molecule has 82 valence electrons. The quantitative estimate of drug-likeness (QED) is 0.798. The maximum absolute atomic E-state index is 9.77. The molecule has 0 saturated carbocycles. The van der Waals surface area contributed by atoms with Gasteiger partial charge in [-0.2, -0.15) is 0 Å². The van der Waals surface area contributed by atoms with E-state index in [1.807, 2.05) is 13.0 Å². The van der Waals surface area contributed by atoms with E-state index in [2.05, 4.69) is 5.32 Å². The van der Waals surface area contributed by atoms with Gasteiger partial charge < -0.3 is 15.2 Å². The van der Waals surface area contributed by atoms with Gasteiger partial charge in [0.1, 0.15) is 11.5 Å². The summed E-state index contributed by atoms with van der Waals surface area (Å²) in [5, 5.41) is 13.1. The van der Waals surface area contributed by atoms with E-state index in [1.54, 1.807) is 12.1 Å². The van der Waals surface area contributed by atoms with Crippen LogP contribution in [-0.2, 0) is 0 Å². The minimum atomic E-state index is 0.283. The topological polar surface area (TPSA) is 41.5 Å². The van der Waals surface area contributed by atoms with Crippen molar-refractivity contribution in [2.24, 2.45) is 0 Å². The summed E-state index contributed by atoms with van der Waals surface area (Å²) in [7, 11) is 0. The van der Waals surface area contributed by atoms with E-state index >= 15 is 0 Å². The third kappa shape index (κ3) is 2.23. The Morgan fingerprint density at radius 2 is 2.40 bits per heavy atom. The number of phenolic OH excluding ortho intramolecular Hbond substituents is 1. The summed E-state index contributed by atoms with van der Waals surface area (Å²) in [6.07, 6.45) is 2.26. The van der Waals surface area contributed by atoms with Crippen LogP contribution in [-0.4, -0.2) is 18.3 Å². The van der Waals surface area contributed by atoms with Gasteiger partial charge in [0.2, 0.25) is 0 Å². The standard InChI is InChI=1S/C12H17NO2/c1-2-15-9-5-6-12(14)10(8-9)11-4-3-7-13-11/h5-6,8,11,13-14H,2-4,7H2,1H3/t11-/m1/s1. The van der Waals surface area contributed by atoms with E-state index in [9.17, 15) is 5.11 Å². The van der Waals surface area contributed by atoms with Crippen molar-refractivity contribution in [2.75, 3.05) is 13.2 Å². The molecule has 1 aromatic carbocycles. The van der Waals surface area contributed by atoms with Gasteiger partial charge >= 0.3 is 0 Å². The van der Waals surface area contributed by atoms with E-state index in [0.717, 1.165) is 24.3 Å². The number of ether oxygens (including phenoxy) is 1. The smallest absolute Gasteiger partial charge is 0.120 e. The summed E-state index contributed by atoms with van der Waals surface area (Å²) in [6, 6.07) is 5.73. The molecule has 1 fully saturated rings. The average Bonchev–Trinajstić information content (AvgIpc) is 2.74. The Hall–Kier alpha value is -1.22. The molecule has 0 unspecified atom stereocenters. The molecule has 1 aromatic rings. The van der Waals surface area contributed by atoms with E-state index in [0.29, 0.717) is 12.4 Å². The molecule has 3 heteroatoms. The SMILES string of the molecule is CCOc1ccc(O)c([C@H]2CCCN2)c1. The summed E-state index contributed by atoms with van der Waals surface area (Å²) >= 11 is 0. The third-order valence-corrected chi connectivity index (χ3v) is 2.75. The van der Waals surface area contributed by atoms with Crippen LogP contribution < -0.4 is 10.1 Å². The summed E-state index contributed by atoms with van der Waals surface area (Å²) in [6.45, 7) is 3.64. The highest BCUT2D eigenvalue weighted by Gasteiger charge is 2.19. The Morgan fingerprint density at radius 3 is 3.07 bits per heavy atom. The first-order valence-electron chi connectivity index (χ1n) is 5.50. The molecule has 15 heavy (non-hydrogen) atoms. The molecule has 3 nitrogen and oxygen atoms in total. The lowest BCUT2D eigenvalue weighted by Gasteiger charge is -2.14. The summed E-state index contributed by atoms with van der Waals surface area (Å²) in [5.74, 6) is 1.19. The number of hydrogen-bond acceptors (Lipinski definition) is 3. The summed E-state index contributed by atoms with van der Waals surface area (Å²) in [4.78, 5) is 0. The second-order valence-corrected chi connectivity index (χ2v) is 3.80.